The molecule has 0 unspecified atom stereocenters. The molecule has 0 saturated heterocycles. The highest BCUT2D eigenvalue weighted by molar-refractivity contribution is 5.94. The van der Waals surface area contributed by atoms with Gasteiger partial charge in [0.25, 0.3) is 5.91 Å². The van der Waals surface area contributed by atoms with Crippen LogP contribution in [0, 0.1) is 29.4 Å². The van der Waals surface area contributed by atoms with Crippen LogP contribution in [0.3, 0.4) is 0 Å². The van der Waals surface area contributed by atoms with Gasteiger partial charge in [0.1, 0.15) is 11.6 Å². The lowest BCUT2D eigenvalue weighted by molar-refractivity contribution is 0.0914. The Hall–Kier alpha value is -1.45. The van der Waals surface area contributed by atoms with Crippen molar-refractivity contribution < 1.29 is 13.6 Å². The molecule has 1 N–H and O–H groups in total. The van der Waals surface area contributed by atoms with Gasteiger partial charge in [-0.25, -0.2) is 8.78 Å². The number of carbonyl (C=O) groups is 1. The second-order valence-electron chi connectivity index (χ2n) is 6.26. The van der Waals surface area contributed by atoms with E-state index in [9.17, 15) is 13.6 Å². The minimum Gasteiger partial charge on any atom is -0.349 e. The first-order valence-corrected chi connectivity index (χ1v) is 7.30. The van der Waals surface area contributed by atoms with Crippen LogP contribution in [-0.4, -0.2) is 11.9 Å². The van der Waals surface area contributed by atoms with Crippen molar-refractivity contribution in [3.05, 3.63) is 35.4 Å². The van der Waals surface area contributed by atoms with Crippen LogP contribution in [0.15, 0.2) is 18.2 Å². The molecule has 2 saturated carbocycles. The lowest BCUT2D eigenvalue weighted by Gasteiger charge is -2.28. The molecule has 2 bridgehead atoms. The third-order valence-corrected chi connectivity index (χ3v) is 4.92. The standard InChI is InChI=1S/C16H19F2NO/c1-9(15-5-10-2-3-11(15)4-10)19-16(20)12-6-13(17)8-14(18)7-12/h6-11,15H,2-5H2,1H3,(H,19,20)/t9-,10-,11-,15-/m1/s1. The zero-order chi connectivity index (χ0) is 14.3. The van der Waals surface area contributed by atoms with Crippen molar-refractivity contribution in [1.82, 2.24) is 5.32 Å². The van der Waals surface area contributed by atoms with E-state index in [1.165, 1.54) is 25.7 Å². The van der Waals surface area contributed by atoms with Crippen molar-refractivity contribution in [3.63, 3.8) is 0 Å². The summed E-state index contributed by atoms with van der Waals surface area (Å²) in [6, 6.07) is 2.98. The van der Waals surface area contributed by atoms with Gasteiger partial charge in [-0.3, -0.25) is 4.79 Å². The third-order valence-electron chi connectivity index (χ3n) is 4.92. The summed E-state index contributed by atoms with van der Waals surface area (Å²) in [5.74, 6) is 0.204. The summed E-state index contributed by atoms with van der Waals surface area (Å²) >= 11 is 0. The third kappa shape index (κ3) is 2.56. The van der Waals surface area contributed by atoms with Gasteiger partial charge in [0.05, 0.1) is 0 Å². The largest absolute Gasteiger partial charge is 0.349 e. The van der Waals surface area contributed by atoms with Gasteiger partial charge in [-0.2, -0.15) is 0 Å². The Morgan fingerprint density at radius 2 is 1.90 bits per heavy atom. The van der Waals surface area contributed by atoms with Crippen LogP contribution in [0.5, 0.6) is 0 Å². The second-order valence-corrected chi connectivity index (χ2v) is 6.26. The molecule has 1 aromatic rings. The van der Waals surface area contributed by atoms with Crippen LogP contribution in [-0.2, 0) is 0 Å². The topological polar surface area (TPSA) is 29.1 Å². The summed E-state index contributed by atoms with van der Waals surface area (Å²) in [6.07, 6.45) is 5.02. The molecule has 0 radical (unpaired) electrons. The van der Waals surface area contributed by atoms with Crippen molar-refractivity contribution in [2.24, 2.45) is 17.8 Å². The van der Waals surface area contributed by atoms with Crippen molar-refractivity contribution >= 4 is 5.91 Å². The number of hydrogen-bond donors (Lipinski definition) is 1. The predicted octanol–water partition coefficient (Wildman–Crippen LogP) is 3.52. The summed E-state index contributed by atoms with van der Waals surface area (Å²) in [6.45, 7) is 2.00. The van der Waals surface area contributed by atoms with Gasteiger partial charge < -0.3 is 5.32 Å². The fraction of sp³-hybridized carbons (Fsp3) is 0.562. The monoisotopic (exact) mass is 279 g/mol. The molecule has 0 spiro atoms. The van der Waals surface area contributed by atoms with E-state index in [-0.39, 0.29) is 11.6 Å². The van der Waals surface area contributed by atoms with Crippen molar-refractivity contribution in [1.29, 1.82) is 0 Å². The molecular formula is C16H19F2NO. The van der Waals surface area contributed by atoms with E-state index < -0.39 is 17.5 Å². The van der Waals surface area contributed by atoms with Gasteiger partial charge in [0, 0.05) is 17.7 Å². The first-order chi connectivity index (χ1) is 9.52. The molecule has 4 heteroatoms. The molecule has 2 nitrogen and oxygen atoms in total. The van der Waals surface area contributed by atoms with Gasteiger partial charge in [0.2, 0.25) is 0 Å². The molecule has 2 fully saturated rings. The zero-order valence-electron chi connectivity index (χ0n) is 11.5. The molecule has 1 amide bonds. The highest BCUT2D eigenvalue weighted by atomic mass is 19.1. The van der Waals surface area contributed by atoms with E-state index in [0.29, 0.717) is 11.8 Å². The molecule has 2 aliphatic carbocycles. The quantitative estimate of drug-likeness (QED) is 0.901. The van der Waals surface area contributed by atoms with E-state index in [0.717, 1.165) is 24.1 Å². The molecular weight excluding hydrogens is 260 g/mol. The van der Waals surface area contributed by atoms with Crippen LogP contribution in [0.25, 0.3) is 0 Å². The first-order valence-electron chi connectivity index (χ1n) is 7.30. The van der Waals surface area contributed by atoms with E-state index in [2.05, 4.69) is 5.32 Å². The molecule has 3 rings (SSSR count). The van der Waals surface area contributed by atoms with Gasteiger partial charge in [0.15, 0.2) is 0 Å². The number of amides is 1. The molecule has 0 heterocycles. The fourth-order valence-electron chi connectivity index (χ4n) is 3.99. The van der Waals surface area contributed by atoms with E-state index in [4.69, 9.17) is 0 Å². The van der Waals surface area contributed by atoms with Crippen molar-refractivity contribution in [2.45, 2.75) is 38.6 Å². The van der Waals surface area contributed by atoms with E-state index >= 15 is 0 Å². The maximum absolute atomic E-state index is 13.1. The summed E-state index contributed by atoms with van der Waals surface area (Å²) in [5, 5.41) is 2.91. The summed E-state index contributed by atoms with van der Waals surface area (Å²) in [4.78, 5) is 12.1. The minimum atomic E-state index is -0.720. The Labute approximate surface area is 117 Å². The number of fused-ring (bicyclic) bond motifs is 2. The van der Waals surface area contributed by atoms with Crippen LogP contribution in [0.4, 0.5) is 8.78 Å². The maximum atomic E-state index is 13.1. The molecule has 2 aliphatic rings. The van der Waals surface area contributed by atoms with Crippen LogP contribution in [0.2, 0.25) is 0 Å². The molecule has 108 valence electrons. The molecule has 1 aromatic carbocycles. The normalized spacial score (nSPS) is 29.4. The van der Waals surface area contributed by atoms with Crippen LogP contribution >= 0.6 is 0 Å². The fourth-order valence-corrected chi connectivity index (χ4v) is 3.99. The lowest BCUT2D eigenvalue weighted by Crippen LogP contribution is -2.40. The summed E-state index contributed by atoms with van der Waals surface area (Å²) in [5.41, 5.74) is 0.0532. The number of hydrogen-bond acceptors (Lipinski definition) is 1. The Morgan fingerprint density at radius 1 is 1.20 bits per heavy atom. The van der Waals surface area contributed by atoms with Gasteiger partial charge >= 0.3 is 0 Å². The second kappa shape index (κ2) is 5.15. The van der Waals surface area contributed by atoms with E-state index in [1.54, 1.807) is 0 Å². The number of carbonyl (C=O) groups excluding carboxylic acids is 1. The SMILES string of the molecule is C[C@@H](NC(=O)c1cc(F)cc(F)c1)[C@H]1C[C@@H]2CC[C@@H]1C2. The van der Waals surface area contributed by atoms with Crippen molar-refractivity contribution in [2.75, 3.05) is 0 Å². The number of nitrogens with one attached hydrogen (secondary N) is 1. The Balaban J connectivity index is 1.66. The smallest absolute Gasteiger partial charge is 0.251 e. The van der Waals surface area contributed by atoms with Gasteiger partial charge in [-0.05, 0) is 56.1 Å². The lowest BCUT2D eigenvalue weighted by atomic mass is 9.84. The molecule has 4 atom stereocenters. The summed E-state index contributed by atoms with van der Waals surface area (Å²) < 4.78 is 26.3. The zero-order valence-corrected chi connectivity index (χ0v) is 11.5. The number of halogens is 2. The highest BCUT2D eigenvalue weighted by Gasteiger charge is 2.42. The predicted molar refractivity (Wildman–Crippen MR) is 72.2 cm³/mol. The average Bonchev–Trinajstić information content (AvgIpc) is 2.99. The maximum Gasteiger partial charge on any atom is 0.251 e. The number of benzene rings is 1. The Kier molecular flexibility index (Phi) is 3.48. The number of rotatable bonds is 3. The highest BCUT2D eigenvalue weighted by Crippen LogP contribution is 2.49. The Bertz CT molecular complexity index is 511. The Morgan fingerprint density at radius 3 is 2.45 bits per heavy atom. The molecule has 0 aliphatic heterocycles. The van der Waals surface area contributed by atoms with Crippen LogP contribution in [0.1, 0.15) is 43.0 Å². The van der Waals surface area contributed by atoms with Crippen molar-refractivity contribution in [3.8, 4) is 0 Å². The first kappa shape index (κ1) is 13.5. The van der Waals surface area contributed by atoms with E-state index in [1.807, 2.05) is 6.92 Å². The average molecular weight is 279 g/mol. The van der Waals surface area contributed by atoms with Gasteiger partial charge in [-0.1, -0.05) is 6.42 Å². The van der Waals surface area contributed by atoms with Crippen LogP contribution < -0.4 is 5.32 Å². The minimum absolute atomic E-state index is 0.0532. The molecule has 20 heavy (non-hydrogen) atoms. The van der Waals surface area contributed by atoms with Gasteiger partial charge in [-0.15, -0.1) is 0 Å². The summed E-state index contributed by atoms with van der Waals surface area (Å²) in [7, 11) is 0. The molecule has 0 aromatic heterocycles.